The second-order valence-corrected chi connectivity index (χ2v) is 6.93. The predicted octanol–water partition coefficient (Wildman–Crippen LogP) is 3.24. The summed E-state index contributed by atoms with van der Waals surface area (Å²) in [6.45, 7) is 4.30. The van der Waals surface area contributed by atoms with Crippen molar-refractivity contribution in [2.24, 2.45) is 0 Å². The van der Waals surface area contributed by atoms with Crippen molar-refractivity contribution in [2.45, 2.75) is 25.0 Å². The summed E-state index contributed by atoms with van der Waals surface area (Å²) in [6, 6.07) is 3.32. The third kappa shape index (κ3) is 2.10. The monoisotopic (exact) mass is 380 g/mol. The standard InChI is InChI=1S/C16H17BrN2O4/c1-15(2)11-9-12(17)14(19(21)22)10-13(11)18(6-7-20)16(15)5-3-4-8-23-16/h3-5,8-10,20H,6-7H2,1-2H3. The molecule has 0 aromatic heterocycles. The molecule has 1 spiro atoms. The Hall–Kier alpha value is -1.86. The molecule has 6 nitrogen and oxygen atoms in total. The fourth-order valence-electron chi connectivity index (χ4n) is 3.43. The summed E-state index contributed by atoms with van der Waals surface area (Å²) in [5.74, 6) is 0. The van der Waals surface area contributed by atoms with E-state index in [9.17, 15) is 15.2 Å². The maximum absolute atomic E-state index is 11.3. The second kappa shape index (κ2) is 5.35. The van der Waals surface area contributed by atoms with Gasteiger partial charge in [0.1, 0.15) is 0 Å². The number of anilines is 1. The lowest BCUT2D eigenvalue weighted by atomic mass is 9.77. The molecule has 2 aliphatic heterocycles. The summed E-state index contributed by atoms with van der Waals surface area (Å²) < 4.78 is 6.43. The molecule has 7 heteroatoms. The maximum atomic E-state index is 11.3. The van der Waals surface area contributed by atoms with Gasteiger partial charge in [-0.3, -0.25) is 10.1 Å². The molecular formula is C16H17BrN2O4. The average molecular weight is 381 g/mol. The quantitative estimate of drug-likeness (QED) is 0.643. The summed E-state index contributed by atoms with van der Waals surface area (Å²) in [4.78, 5) is 12.7. The normalized spacial score (nSPS) is 23.9. The number of nitro benzene ring substituents is 1. The van der Waals surface area contributed by atoms with Crippen LogP contribution >= 0.6 is 15.9 Å². The minimum atomic E-state index is -0.818. The number of ether oxygens (including phenoxy) is 1. The Kier molecular flexibility index (Phi) is 3.72. The first-order chi connectivity index (χ1) is 10.8. The summed E-state index contributed by atoms with van der Waals surface area (Å²) in [6.07, 6.45) is 7.23. The van der Waals surface area contributed by atoms with E-state index in [0.717, 1.165) is 5.56 Å². The Morgan fingerprint density at radius 2 is 2.13 bits per heavy atom. The number of nitrogens with zero attached hydrogens (tertiary/aromatic N) is 2. The maximum Gasteiger partial charge on any atom is 0.285 e. The molecule has 1 aromatic carbocycles. The van der Waals surface area contributed by atoms with Gasteiger partial charge in [-0.05, 0) is 53.6 Å². The van der Waals surface area contributed by atoms with Crippen molar-refractivity contribution in [3.63, 3.8) is 0 Å². The minimum absolute atomic E-state index is 0.00475. The van der Waals surface area contributed by atoms with Crippen LogP contribution in [0.5, 0.6) is 0 Å². The van der Waals surface area contributed by atoms with E-state index in [0.29, 0.717) is 16.7 Å². The van der Waals surface area contributed by atoms with Gasteiger partial charge in [0.2, 0.25) is 5.72 Å². The molecule has 0 aliphatic carbocycles. The first-order valence-electron chi connectivity index (χ1n) is 7.24. The number of halogens is 1. The largest absolute Gasteiger partial charge is 0.471 e. The van der Waals surface area contributed by atoms with E-state index < -0.39 is 16.1 Å². The molecule has 0 amide bonds. The van der Waals surface area contributed by atoms with Crippen molar-refractivity contribution in [2.75, 3.05) is 18.1 Å². The third-order valence-corrected chi connectivity index (χ3v) is 5.24. The number of rotatable bonds is 3. The van der Waals surface area contributed by atoms with Crippen LogP contribution in [0.3, 0.4) is 0 Å². The minimum Gasteiger partial charge on any atom is -0.471 e. The summed E-state index contributed by atoms with van der Waals surface area (Å²) in [7, 11) is 0. The zero-order valence-electron chi connectivity index (χ0n) is 12.8. The Balaban J connectivity index is 2.25. The molecule has 0 fully saturated rings. The highest BCUT2D eigenvalue weighted by Crippen LogP contribution is 2.55. The van der Waals surface area contributed by atoms with E-state index in [-0.39, 0.29) is 12.3 Å². The summed E-state index contributed by atoms with van der Waals surface area (Å²) in [5, 5.41) is 20.8. The fourth-order valence-corrected chi connectivity index (χ4v) is 3.92. The van der Waals surface area contributed by atoms with Crippen molar-refractivity contribution in [3.05, 3.63) is 56.8 Å². The number of fused-ring (bicyclic) bond motifs is 1. The van der Waals surface area contributed by atoms with Gasteiger partial charge >= 0.3 is 0 Å². The Morgan fingerprint density at radius 1 is 1.39 bits per heavy atom. The molecule has 2 heterocycles. The van der Waals surface area contributed by atoms with E-state index in [4.69, 9.17) is 4.74 Å². The van der Waals surface area contributed by atoms with Gasteiger partial charge in [0.05, 0.1) is 33.4 Å². The Bertz CT molecular complexity index is 729. The molecule has 1 N–H and O–H groups in total. The molecule has 2 aliphatic rings. The van der Waals surface area contributed by atoms with Gasteiger partial charge in [-0.15, -0.1) is 0 Å². The number of allylic oxidation sites excluding steroid dienone is 2. The lowest BCUT2D eigenvalue weighted by Crippen LogP contribution is -2.56. The highest BCUT2D eigenvalue weighted by Gasteiger charge is 2.58. The summed E-state index contributed by atoms with van der Waals surface area (Å²) >= 11 is 3.29. The van der Waals surface area contributed by atoms with Gasteiger partial charge in [0.25, 0.3) is 5.69 Å². The van der Waals surface area contributed by atoms with Crippen LogP contribution in [0.15, 0.2) is 41.1 Å². The fraction of sp³-hybridized carbons (Fsp3) is 0.375. The van der Waals surface area contributed by atoms with Crippen LogP contribution in [-0.2, 0) is 10.2 Å². The zero-order valence-corrected chi connectivity index (χ0v) is 14.4. The lowest BCUT2D eigenvalue weighted by Gasteiger charge is -2.45. The van der Waals surface area contributed by atoms with E-state index in [1.54, 1.807) is 24.5 Å². The molecule has 122 valence electrons. The molecule has 1 unspecified atom stereocenters. The number of hydrogen-bond acceptors (Lipinski definition) is 5. The van der Waals surface area contributed by atoms with Gasteiger partial charge in [-0.2, -0.15) is 0 Å². The number of aliphatic hydroxyl groups excluding tert-OH is 1. The molecule has 1 aromatic rings. The number of benzene rings is 1. The molecule has 0 saturated heterocycles. The Labute approximate surface area is 142 Å². The highest BCUT2D eigenvalue weighted by molar-refractivity contribution is 9.10. The highest BCUT2D eigenvalue weighted by atomic mass is 79.9. The Morgan fingerprint density at radius 3 is 2.70 bits per heavy atom. The average Bonchev–Trinajstić information content (AvgIpc) is 2.67. The first-order valence-corrected chi connectivity index (χ1v) is 8.03. The SMILES string of the molecule is CC1(C)c2cc(Br)c([N+](=O)[O-])cc2N(CCO)C12C=CC=CO2. The van der Waals surface area contributed by atoms with E-state index in [2.05, 4.69) is 15.9 Å². The second-order valence-electron chi connectivity index (χ2n) is 6.08. The third-order valence-electron chi connectivity index (χ3n) is 4.61. The smallest absolute Gasteiger partial charge is 0.285 e. The number of β-amino-alcohol motifs (C(OH)–C–C–N with tert-alkyl or cyclic N) is 1. The molecule has 3 rings (SSSR count). The van der Waals surface area contributed by atoms with Crippen LogP contribution in [-0.4, -0.2) is 28.9 Å². The van der Waals surface area contributed by atoms with Gasteiger partial charge < -0.3 is 14.7 Å². The van der Waals surface area contributed by atoms with Crippen molar-refractivity contribution in [1.29, 1.82) is 0 Å². The zero-order chi connectivity index (χ0) is 16.8. The molecule has 0 saturated carbocycles. The van der Waals surface area contributed by atoms with Crippen LogP contribution in [0, 0.1) is 10.1 Å². The molecule has 23 heavy (non-hydrogen) atoms. The van der Waals surface area contributed by atoms with Crippen LogP contribution < -0.4 is 4.90 Å². The lowest BCUT2D eigenvalue weighted by molar-refractivity contribution is -0.385. The number of aliphatic hydroxyl groups is 1. The molecule has 0 radical (unpaired) electrons. The van der Waals surface area contributed by atoms with Crippen molar-refractivity contribution >= 4 is 27.3 Å². The molecule has 0 bridgehead atoms. The van der Waals surface area contributed by atoms with Gasteiger partial charge in [0.15, 0.2) is 0 Å². The molecule has 1 atom stereocenters. The van der Waals surface area contributed by atoms with Gasteiger partial charge in [0, 0.05) is 12.6 Å². The van der Waals surface area contributed by atoms with Crippen LogP contribution in [0.2, 0.25) is 0 Å². The van der Waals surface area contributed by atoms with Crippen molar-refractivity contribution in [3.8, 4) is 0 Å². The topological polar surface area (TPSA) is 75.8 Å². The van der Waals surface area contributed by atoms with E-state index in [1.165, 1.54) is 0 Å². The van der Waals surface area contributed by atoms with E-state index in [1.807, 2.05) is 30.9 Å². The first kappa shape index (κ1) is 16.0. The van der Waals surface area contributed by atoms with Crippen LogP contribution in [0.25, 0.3) is 0 Å². The summed E-state index contributed by atoms with van der Waals surface area (Å²) in [5.41, 5.74) is 0.356. The predicted molar refractivity (Wildman–Crippen MR) is 90.4 cm³/mol. The van der Waals surface area contributed by atoms with Crippen LogP contribution in [0.1, 0.15) is 19.4 Å². The van der Waals surface area contributed by atoms with Gasteiger partial charge in [-0.25, -0.2) is 0 Å². The van der Waals surface area contributed by atoms with Gasteiger partial charge in [-0.1, -0.05) is 6.08 Å². The van der Waals surface area contributed by atoms with Crippen molar-refractivity contribution < 1.29 is 14.8 Å². The van der Waals surface area contributed by atoms with Crippen LogP contribution in [0.4, 0.5) is 11.4 Å². The number of nitro groups is 1. The number of hydrogen-bond donors (Lipinski definition) is 1. The van der Waals surface area contributed by atoms with E-state index >= 15 is 0 Å². The molecular weight excluding hydrogens is 364 g/mol. The van der Waals surface area contributed by atoms with Crippen molar-refractivity contribution in [1.82, 2.24) is 0 Å².